The minimum Gasteiger partial charge on any atom is -0.495 e. The van der Waals surface area contributed by atoms with Crippen LogP contribution in [0.3, 0.4) is 0 Å². The van der Waals surface area contributed by atoms with Gasteiger partial charge in [-0.15, -0.1) is 0 Å². The molecule has 0 saturated carbocycles. The van der Waals surface area contributed by atoms with Crippen molar-refractivity contribution in [2.24, 2.45) is 0 Å². The molecule has 7 nitrogen and oxygen atoms in total. The number of thioether (sulfide) groups is 1. The van der Waals surface area contributed by atoms with Gasteiger partial charge in [-0.25, -0.2) is 4.90 Å². The van der Waals surface area contributed by atoms with Gasteiger partial charge in [-0.3, -0.25) is 9.59 Å². The van der Waals surface area contributed by atoms with Crippen molar-refractivity contribution in [1.82, 2.24) is 0 Å². The average molecular weight is 473 g/mol. The lowest BCUT2D eigenvalue weighted by Gasteiger charge is -2.15. The minimum atomic E-state index is -0.424. The maximum absolute atomic E-state index is 13.0. The second kappa shape index (κ2) is 10.1. The molecule has 4 rings (SSSR count). The summed E-state index contributed by atoms with van der Waals surface area (Å²) in [5, 5.41) is 8.85. The first kappa shape index (κ1) is 23.0. The average Bonchev–Trinajstić information content (AvgIpc) is 3.15. The SMILES string of the molecule is COc1cc(/C=C2\SC(=O)N(c3ccccc3OC)C2=O)ccc1OCc1ccccc1C#N. The maximum atomic E-state index is 13.0. The van der Waals surface area contributed by atoms with E-state index in [0.29, 0.717) is 34.1 Å². The van der Waals surface area contributed by atoms with E-state index in [2.05, 4.69) is 6.07 Å². The van der Waals surface area contributed by atoms with Gasteiger partial charge in [0.2, 0.25) is 0 Å². The molecule has 1 saturated heterocycles. The van der Waals surface area contributed by atoms with Crippen molar-refractivity contribution >= 4 is 34.7 Å². The number of methoxy groups -OCH3 is 2. The van der Waals surface area contributed by atoms with E-state index in [1.165, 1.54) is 14.2 Å². The van der Waals surface area contributed by atoms with E-state index < -0.39 is 11.1 Å². The van der Waals surface area contributed by atoms with Crippen molar-refractivity contribution in [3.05, 3.63) is 88.3 Å². The topological polar surface area (TPSA) is 88.9 Å². The van der Waals surface area contributed by atoms with E-state index in [0.717, 1.165) is 22.2 Å². The third-order valence-electron chi connectivity index (χ3n) is 5.13. The lowest BCUT2D eigenvalue weighted by atomic mass is 10.1. The van der Waals surface area contributed by atoms with Crippen LogP contribution in [0.25, 0.3) is 6.08 Å². The molecule has 0 N–H and O–H groups in total. The molecular formula is C26H20N2O5S. The minimum absolute atomic E-state index is 0.206. The predicted molar refractivity (Wildman–Crippen MR) is 130 cm³/mol. The summed E-state index contributed by atoms with van der Waals surface area (Å²) < 4.78 is 16.6. The highest BCUT2D eigenvalue weighted by atomic mass is 32.2. The van der Waals surface area contributed by atoms with Crippen molar-refractivity contribution in [2.45, 2.75) is 6.61 Å². The smallest absolute Gasteiger partial charge is 0.298 e. The summed E-state index contributed by atoms with van der Waals surface area (Å²) in [4.78, 5) is 27.0. The normalized spacial score (nSPS) is 14.3. The van der Waals surface area contributed by atoms with Crippen molar-refractivity contribution < 1.29 is 23.8 Å². The van der Waals surface area contributed by atoms with Crippen molar-refractivity contribution in [3.8, 4) is 23.3 Å². The van der Waals surface area contributed by atoms with Gasteiger partial charge >= 0.3 is 0 Å². The van der Waals surface area contributed by atoms with Gasteiger partial charge in [-0.1, -0.05) is 36.4 Å². The zero-order chi connectivity index (χ0) is 24.1. The summed E-state index contributed by atoms with van der Waals surface area (Å²) in [6, 6.07) is 21.4. The zero-order valence-electron chi connectivity index (χ0n) is 18.5. The number of imide groups is 1. The molecule has 8 heteroatoms. The second-order valence-electron chi connectivity index (χ2n) is 7.16. The summed E-state index contributed by atoms with van der Waals surface area (Å²) in [5.41, 5.74) is 2.38. The molecular weight excluding hydrogens is 452 g/mol. The molecule has 0 radical (unpaired) electrons. The first-order chi connectivity index (χ1) is 16.5. The summed E-state index contributed by atoms with van der Waals surface area (Å²) >= 11 is 0.860. The van der Waals surface area contributed by atoms with Crippen LogP contribution in [0.4, 0.5) is 10.5 Å². The van der Waals surface area contributed by atoms with Gasteiger partial charge in [0.1, 0.15) is 12.4 Å². The van der Waals surface area contributed by atoms with Gasteiger partial charge in [0.15, 0.2) is 11.5 Å². The number of hydrogen-bond donors (Lipinski definition) is 0. The quantitative estimate of drug-likeness (QED) is 0.426. The molecule has 3 aromatic carbocycles. The highest BCUT2D eigenvalue weighted by Gasteiger charge is 2.37. The van der Waals surface area contributed by atoms with E-state index >= 15 is 0 Å². The number of para-hydroxylation sites is 2. The number of amides is 2. The molecule has 0 bridgehead atoms. The van der Waals surface area contributed by atoms with Crippen LogP contribution < -0.4 is 19.1 Å². The Kier molecular flexibility index (Phi) is 6.85. The van der Waals surface area contributed by atoms with Gasteiger partial charge < -0.3 is 14.2 Å². The van der Waals surface area contributed by atoms with Crippen LogP contribution in [0.1, 0.15) is 16.7 Å². The van der Waals surface area contributed by atoms with Crippen LogP contribution in [0.2, 0.25) is 0 Å². The second-order valence-corrected chi connectivity index (χ2v) is 8.15. The molecule has 1 fully saturated rings. The number of rotatable bonds is 7. The van der Waals surface area contributed by atoms with Crippen LogP contribution >= 0.6 is 11.8 Å². The Morgan fingerprint density at radius 2 is 1.68 bits per heavy atom. The van der Waals surface area contributed by atoms with Crippen LogP contribution in [-0.4, -0.2) is 25.4 Å². The van der Waals surface area contributed by atoms with Gasteiger partial charge in [0.25, 0.3) is 11.1 Å². The molecule has 3 aromatic rings. The number of carbonyl (C=O) groups excluding carboxylic acids is 2. The third kappa shape index (κ3) is 4.60. The van der Waals surface area contributed by atoms with E-state index in [9.17, 15) is 14.9 Å². The van der Waals surface area contributed by atoms with Crippen LogP contribution in [0.15, 0.2) is 71.6 Å². The van der Waals surface area contributed by atoms with Gasteiger partial charge in [-0.05, 0) is 53.7 Å². The molecule has 0 aliphatic carbocycles. The van der Waals surface area contributed by atoms with Crippen LogP contribution in [0, 0.1) is 11.3 Å². The largest absolute Gasteiger partial charge is 0.495 e. The lowest BCUT2D eigenvalue weighted by molar-refractivity contribution is -0.113. The van der Waals surface area contributed by atoms with E-state index in [1.54, 1.807) is 60.7 Å². The number of ether oxygens (including phenoxy) is 3. The fourth-order valence-corrected chi connectivity index (χ4v) is 4.28. The molecule has 170 valence electrons. The monoisotopic (exact) mass is 472 g/mol. The lowest BCUT2D eigenvalue weighted by Crippen LogP contribution is -2.28. The number of anilines is 1. The first-order valence-electron chi connectivity index (χ1n) is 10.3. The van der Waals surface area contributed by atoms with Crippen LogP contribution in [0.5, 0.6) is 17.2 Å². The number of nitriles is 1. The van der Waals surface area contributed by atoms with Gasteiger partial charge in [0, 0.05) is 5.56 Å². The summed E-state index contributed by atoms with van der Waals surface area (Å²) in [5.74, 6) is 0.973. The molecule has 0 unspecified atom stereocenters. The molecule has 1 heterocycles. The molecule has 2 amide bonds. The summed E-state index contributed by atoms with van der Waals surface area (Å²) in [6.45, 7) is 0.206. The fraction of sp³-hybridized carbons (Fsp3) is 0.115. The standard InChI is InChI=1S/C26H20N2O5S/c1-31-21-10-6-5-9-20(21)28-25(29)24(34-26(28)30)14-17-11-12-22(23(13-17)32-2)33-16-19-8-4-3-7-18(19)15-27/h3-14H,16H2,1-2H3/b24-14-. The molecule has 0 spiro atoms. The summed E-state index contributed by atoms with van der Waals surface area (Å²) in [7, 11) is 3.01. The fourth-order valence-electron chi connectivity index (χ4n) is 3.45. The Hall–Kier alpha value is -4.22. The van der Waals surface area contributed by atoms with Crippen molar-refractivity contribution in [1.29, 1.82) is 5.26 Å². The number of carbonyl (C=O) groups is 2. The third-order valence-corrected chi connectivity index (χ3v) is 6.00. The van der Waals surface area contributed by atoms with E-state index in [1.807, 2.05) is 12.1 Å². The number of benzene rings is 3. The molecule has 34 heavy (non-hydrogen) atoms. The Bertz CT molecular complexity index is 1330. The Labute approximate surface area is 201 Å². The van der Waals surface area contributed by atoms with Gasteiger partial charge in [0.05, 0.1) is 36.4 Å². The number of nitrogens with zero attached hydrogens (tertiary/aromatic N) is 2. The Morgan fingerprint density at radius 3 is 2.44 bits per heavy atom. The number of hydrogen-bond acceptors (Lipinski definition) is 7. The Morgan fingerprint density at radius 1 is 0.941 bits per heavy atom. The first-order valence-corrected chi connectivity index (χ1v) is 11.1. The summed E-state index contributed by atoms with van der Waals surface area (Å²) in [6.07, 6.45) is 1.64. The molecule has 1 aliphatic rings. The predicted octanol–water partition coefficient (Wildman–Crippen LogP) is 5.40. The highest BCUT2D eigenvalue weighted by Crippen LogP contribution is 2.40. The molecule has 0 aromatic heterocycles. The Balaban J connectivity index is 1.56. The van der Waals surface area contributed by atoms with E-state index in [4.69, 9.17) is 14.2 Å². The van der Waals surface area contributed by atoms with Crippen LogP contribution in [-0.2, 0) is 11.4 Å². The highest BCUT2D eigenvalue weighted by molar-refractivity contribution is 8.19. The molecule has 1 aliphatic heterocycles. The van der Waals surface area contributed by atoms with Crippen molar-refractivity contribution in [2.75, 3.05) is 19.1 Å². The van der Waals surface area contributed by atoms with E-state index in [-0.39, 0.29) is 11.5 Å². The van der Waals surface area contributed by atoms with Gasteiger partial charge in [-0.2, -0.15) is 5.26 Å². The maximum Gasteiger partial charge on any atom is 0.298 e. The van der Waals surface area contributed by atoms with Crippen molar-refractivity contribution in [3.63, 3.8) is 0 Å². The zero-order valence-corrected chi connectivity index (χ0v) is 19.3. The molecule has 0 atom stereocenters.